The van der Waals surface area contributed by atoms with Gasteiger partial charge < -0.3 is 0 Å². The molecule has 0 amide bonds. The predicted octanol–water partition coefficient (Wildman–Crippen LogP) is 3.41. The molecule has 23 heavy (non-hydrogen) atoms. The van der Waals surface area contributed by atoms with Crippen molar-refractivity contribution in [3.8, 4) is 0 Å². The largest absolute Gasteiger partial charge is 0.276 e. The number of alkyl halides is 2. The molecule has 0 aliphatic heterocycles. The highest BCUT2D eigenvalue weighted by Crippen LogP contribution is 2.27. The van der Waals surface area contributed by atoms with E-state index < -0.39 is 26.9 Å². The summed E-state index contributed by atoms with van der Waals surface area (Å²) >= 11 is 0. The first-order valence-electron chi connectivity index (χ1n) is 7.00. The van der Waals surface area contributed by atoms with Gasteiger partial charge in [0.25, 0.3) is 16.4 Å². The zero-order chi connectivity index (χ0) is 17.0. The van der Waals surface area contributed by atoms with Crippen LogP contribution in [-0.4, -0.2) is 18.4 Å². The smallest absolute Gasteiger partial charge is 0.265 e. The zero-order valence-corrected chi connectivity index (χ0v) is 13.5. The molecule has 0 aliphatic rings. The Morgan fingerprint density at radius 1 is 1.13 bits per heavy atom. The SMILES string of the molecule is CC(C)Cc1ncc(NS(=O)(=O)c2ccccc2C(F)F)cn1. The number of aromatic nitrogens is 2. The average Bonchev–Trinajstić information content (AvgIpc) is 2.48. The maximum atomic E-state index is 13.0. The molecule has 0 radical (unpaired) electrons. The minimum Gasteiger partial charge on any atom is -0.276 e. The van der Waals surface area contributed by atoms with E-state index in [-0.39, 0.29) is 5.69 Å². The van der Waals surface area contributed by atoms with Crippen molar-refractivity contribution in [1.29, 1.82) is 0 Å². The van der Waals surface area contributed by atoms with Crippen LogP contribution < -0.4 is 4.72 Å². The zero-order valence-electron chi connectivity index (χ0n) is 12.7. The van der Waals surface area contributed by atoms with Crippen molar-refractivity contribution in [2.45, 2.75) is 31.6 Å². The number of benzene rings is 1. The first-order chi connectivity index (χ1) is 10.8. The van der Waals surface area contributed by atoms with E-state index in [0.717, 1.165) is 12.1 Å². The number of hydrogen-bond donors (Lipinski definition) is 1. The van der Waals surface area contributed by atoms with Gasteiger partial charge in [0.05, 0.1) is 23.0 Å². The van der Waals surface area contributed by atoms with Crippen molar-refractivity contribution in [3.05, 3.63) is 48.0 Å². The van der Waals surface area contributed by atoms with Crippen LogP contribution in [0, 0.1) is 5.92 Å². The third kappa shape index (κ3) is 4.44. The minimum atomic E-state index is -4.13. The molecule has 1 aromatic carbocycles. The average molecular weight is 341 g/mol. The topological polar surface area (TPSA) is 72.0 Å². The van der Waals surface area contributed by atoms with E-state index in [1.54, 1.807) is 0 Å². The summed E-state index contributed by atoms with van der Waals surface area (Å²) in [5.41, 5.74) is -0.418. The van der Waals surface area contributed by atoms with Crippen molar-refractivity contribution in [1.82, 2.24) is 9.97 Å². The van der Waals surface area contributed by atoms with Crippen LogP contribution in [-0.2, 0) is 16.4 Å². The summed E-state index contributed by atoms with van der Waals surface area (Å²) in [5.74, 6) is 0.964. The van der Waals surface area contributed by atoms with Crippen LogP contribution in [0.25, 0.3) is 0 Å². The number of sulfonamides is 1. The summed E-state index contributed by atoms with van der Waals surface area (Å²) in [7, 11) is -4.13. The van der Waals surface area contributed by atoms with Crippen molar-refractivity contribution in [2.75, 3.05) is 4.72 Å². The number of nitrogens with one attached hydrogen (secondary N) is 1. The molecule has 2 aromatic rings. The molecule has 0 atom stereocenters. The Balaban J connectivity index is 2.25. The van der Waals surface area contributed by atoms with Crippen LogP contribution in [0.4, 0.5) is 14.5 Å². The van der Waals surface area contributed by atoms with Gasteiger partial charge in [-0.25, -0.2) is 27.2 Å². The lowest BCUT2D eigenvalue weighted by Crippen LogP contribution is -2.16. The molecule has 0 saturated heterocycles. The Morgan fingerprint density at radius 3 is 2.30 bits per heavy atom. The van der Waals surface area contributed by atoms with E-state index in [1.807, 2.05) is 13.8 Å². The molecule has 0 saturated carbocycles. The van der Waals surface area contributed by atoms with E-state index in [2.05, 4.69) is 14.7 Å². The van der Waals surface area contributed by atoms with Gasteiger partial charge in [-0.3, -0.25) is 4.72 Å². The van der Waals surface area contributed by atoms with E-state index in [1.165, 1.54) is 24.5 Å². The van der Waals surface area contributed by atoms with Crippen LogP contribution in [0.15, 0.2) is 41.6 Å². The molecule has 2 rings (SSSR count). The molecule has 0 spiro atoms. The van der Waals surface area contributed by atoms with Gasteiger partial charge in [0.1, 0.15) is 5.82 Å². The van der Waals surface area contributed by atoms with Gasteiger partial charge >= 0.3 is 0 Å². The van der Waals surface area contributed by atoms with E-state index in [9.17, 15) is 17.2 Å². The molecule has 1 aromatic heterocycles. The molecular formula is C15H17F2N3O2S. The van der Waals surface area contributed by atoms with Crippen LogP contribution in [0.1, 0.15) is 31.7 Å². The van der Waals surface area contributed by atoms with Crippen molar-refractivity contribution < 1.29 is 17.2 Å². The molecular weight excluding hydrogens is 324 g/mol. The predicted molar refractivity (Wildman–Crippen MR) is 82.8 cm³/mol. The van der Waals surface area contributed by atoms with Crippen LogP contribution in [0.3, 0.4) is 0 Å². The third-order valence-corrected chi connectivity index (χ3v) is 4.45. The van der Waals surface area contributed by atoms with Crippen molar-refractivity contribution in [3.63, 3.8) is 0 Å². The Labute approximate surface area is 133 Å². The Kier molecular flexibility index (Phi) is 5.25. The van der Waals surface area contributed by atoms with Crippen LogP contribution in [0.2, 0.25) is 0 Å². The number of rotatable bonds is 6. The Hall–Kier alpha value is -2.09. The molecule has 124 valence electrons. The van der Waals surface area contributed by atoms with Gasteiger partial charge in [-0.1, -0.05) is 32.0 Å². The normalized spacial score (nSPS) is 11.9. The highest BCUT2D eigenvalue weighted by Gasteiger charge is 2.23. The summed E-state index contributed by atoms with van der Waals surface area (Å²) < 4.78 is 52.7. The molecule has 5 nitrogen and oxygen atoms in total. The summed E-state index contributed by atoms with van der Waals surface area (Å²) in [4.78, 5) is 7.68. The first-order valence-corrected chi connectivity index (χ1v) is 8.48. The van der Waals surface area contributed by atoms with Crippen molar-refractivity contribution >= 4 is 15.7 Å². The second-order valence-electron chi connectivity index (χ2n) is 5.43. The second kappa shape index (κ2) is 6.99. The Bertz CT molecular complexity index is 763. The number of hydrogen-bond acceptors (Lipinski definition) is 4. The van der Waals surface area contributed by atoms with E-state index in [4.69, 9.17) is 0 Å². The van der Waals surface area contributed by atoms with E-state index >= 15 is 0 Å². The highest BCUT2D eigenvalue weighted by atomic mass is 32.2. The number of anilines is 1. The van der Waals surface area contributed by atoms with E-state index in [0.29, 0.717) is 18.2 Å². The quantitative estimate of drug-likeness (QED) is 0.874. The molecule has 8 heteroatoms. The van der Waals surface area contributed by atoms with Crippen LogP contribution in [0.5, 0.6) is 0 Å². The van der Waals surface area contributed by atoms with Gasteiger partial charge in [-0.15, -0.1) is 0 Å². The summed E-state index contributed by atoms with van der Waals surface area (Å²) in [5, 5.41) is 0. The first kappa shape index (κ1) is 17.3. The highest BCUT2D eigenvalue weighted by molar-refractivity contribution is 7.92. The lowest BCUT2D eigenvalue weighted by molar-refractivity contribution is 0.148. The summed E-state index contributed by atoms with van der Waals surface area (Å²) in [6.07, 6.45) is 0.439. The fourth-order valence-electron chi connectivity index (χ4n) is 1.99. The molecule has 0 unspecified atom stereocenters. The summed E-state index contributed by atoms with van der Waals surface area (Å²) in [6, 6.07) is 4.98. The van der Waals surface area contributed by atoms with Gasteiger partial charge in [0.15, 0.2) is 0 Å². The number of halogens is 2. The fraction of sp³-hybridized carbons (Fsp3) is 0.333. The van der Waals surface area contributed by atoms with Gasteiger partial charge in [0, 0.05) is 12.0 Å². The molecule has 1 N–H and O–H groups in total. The Morgan fingerprint density at radius 2 is 1.74 bits per heavy atom. The van der Waals surface area contributed by atoms with Gasteiger partial charge in [-0.2, -0.15) is 0 Å². The maximum Gasteiger partial charge on any atom is 0.265 e. The maximum absolute atomic E-state index is 13.0. The number of nitrogens with zero attached hydrogens (tertiary/aromatic N) is 2. The van der Waals surface area contributed by atoms with Crippen molar-refractivity contribution in [2.24, 2.45) is 5.92 Å². The second-order valence-corrected chi connectivity index (χ2v) is 7.08. The van der Waals surface area contributed by atoms with Gasteiger partial charge in [-0.05, 0) is 12.0 Å². The van der Waals surface area contributed by atoms with Crippen LogP contribution >= 0.6 is 0 Å². The monoisotopic (exact) mass is 341 g/mol. The lowest BCUT2D eigenvalue weighted by Gasteiger charge is -2.11. The van der Waals surface area contributed by atoms with Gasteiger partial charge in [0.2, 0.25) is 0 Å². The lowest BCUT2D eigenvalue weighted by atomic mass is 10.1. The third-order valence-electron chi connectivity index (χ3n) is 2.99. The molecule has 0 bridgehead atoms. The molecule has 0 aliphatic carbocycles. The minimum absolute atomic E-state index is 0.126. The standard InChI is InChI=1S/C15H17F2N3O2S/c1-10(2)7-14-18-8-11(9-19-14)20-23(21,22)13-6-4-3-5-12(13)15(16)17/h3-6,8-10,15,20H,7H2,1-2H3. The molecule has 1 heterocycles. The molecule has 0 fully saturated rings. The summed E-state index contributed by atoms with van der Waals surface area (Å²) in [6.45, 7) is 4.03. The fourth-order valence-corrected chi connectivity index (χ4v) is 3.24.